The van der Waals surface area contributed by atoms with E-state index in [0.29, 0.717) is 15.9 Å². The molecule has 12 heteroatoms. The molecule has 0 saturated heterocycles. The fraction of sp³-hybridized carbons (Fsp3) is 0.235. The van der Waals surface area contributed by atoms with Gasteiger partial charge in [-0.15, -0.1) is 0 Å². The van der Waals surface area contributed by atoms with Gasteiger partial charge in [0.2, 0.25) is 11.8 Å². The van der Waals surface area contributed by atoms with Crippen molar-refractivity contribution in [3.63, 3.8) is 0 Å². The highest BCUT2D eigenvalue weighted by molar-refractivity contribution is 7.92. The smallest absolute Gasteiger partial charge is 0.355 e. The van der Waals surface area contributed by atoms with E-state index in [9.17, 15) is 31.2 Å². The third-order valence-electron chi connectivity index (χ3n) is 7.25. The number of carbonyl (C=O) groups is 2. The summed E-state index contributed by atoms with van der Waals surface area (Å²) in [7, 11) is -4.58. The van der Waals surface area contributed by atoms with Crippen LogP contribution in [0.2, 0.25) is 5.02 Å². The van der Waals surface area contributed by atoms with Gasteiger partial charge in [-0.2, -0.15) is 13.2 Å². The third kappa shape index (κ3) is 8.46. The Kier molecular flexibility index (Phi) is 11.1. The average molecular weight is 672 g/mol. The van der Waals surface area contributed by atoms with Crippen LogP contribution in [0.3, 0.4) is 0 Å². The summed E-state index contributed by atoms with van der Waals surface area (Å²) in [6.07, 6.45) is -4.79. The Bertz CT molecular complexity index is 1750. The van der Waals surface area contributed by atoms with Gasteiger partial charge < -0.3 is 10.2 Å². The second kappa shape index (κ2) is 14.8. The Hall–Kier alpha value is -4.35. The summed E-state index contributed by atoms with van der Waals surface area (Å²) in [4.78, 5) is 28.9. The van der Waals surface area contributed by atoms with E-state index in [4.69, 9.17) is 11.6 Å². The number of hydrogen-bond donors (Lipinski definition) is 1. The van der Waals surface area contributed by atoms with Crippen LogP contribution in [0.1, 0.15) is 29.2 Å². The Labute approximate surface area is 271 Å². The quantitative estimate of drug-likeness (QED) is 0.183. The van der Waals surface area contributed by atoms with E-state index in [1.54, 1.807) is 49.4 Å². The zero-order valence-electron chi connectivity index (χ0n) is 25.2. The van der Waals surface area contributed by atoms with Gasteiger partial charge in [0, 0.05) is 19.5 Å². The van der Waals surface area contributed by atoms with Gasteiger partial charge in [-0.3, -0.25) is 13.9 Å². The molecule has 0 fully saturated rings. The maximum absolute atomic E-state index is 14.4. The molecule has 0 aliphatic rings. The highest BCUT2D eigenvalue weighted by Gasteiger charge is 2.37. The number of hydrogen-bond acceptors (Lipinski definition) is 4. The number of likely N-dealkylation sites (N-methyl/N-ethyl adjacent to an activating group) is 1. The SMILES string of the molecule is CCNC(=O)[C@@H](Cc1ccccc1)N(Cc1ccc(C)cc1)C(=O)CN(c1ccc(Cl)c(C(F)(F)F)c1)S(=O)(=O)c1ccccc1. The molecule has 1 atom stereocenters. The van der Waals surface area contributed by atoms with Crippen molar-refractivity contribution < 1.29 is 31.2 Å². The van der Waals surface area contributed by atoms with E-state index in [1.807, 2.05) is 25.1 Å². The first-order valence-electron chi connectivity index (χ1n) is 14.4. The van der Waals surface area contributed by atoms with E-state index >= 15 is 0 Å². The van der Waals surface area contributed by atoms with Crippen LogP contribution in [0.25, 0.3) is 0 Å². The number of aryl methyl sites for hydroxylation is 1. The van der Waals surface area contributed by atoms with Gasteiger partial charge in [0.15, 0.2) is 0 Å². The van der Waals surface area contributed by atoms with Gasteiger partial charge >= 0.3 is 6.18 Å². The molecule has 7 nitrogen and oxygen atoms in total. The van der Waals surface area contributed by atoms with Crippen molar-refractivity contribution in [1.82, 2.24) is 10.2 Å². The van der Waals surface area contributed by atoms with E-state index in [1.165, 1.54) is 29.2 Å². The normalized spacial score (nSPS) is 12.3. The molecule has 0 aliphatic heterocycles. The molecule has 46 heavy (non-hydrogen) atoms. The van der Waals surface area contributed by atoms with E-state index in [-0.39, 0.29) is 24.4 Å². The molecule has 0 spiro atoms. The summed E-state index contributed by atoms with van der Waals surface area (Å²) in [5, 5.41) is 2.14. The van der Waals surface area contributed by atoms with Crippen LogP contribution in [0.5, 0.6) is 0 Å². The number of nitrogens with one attached hydrogen (secondary N) is 1. The predicted octanol–water partition coefficient (Wildman–Crippen LogP) is 6.64. The highest BCUT2D eigenvalue weighted by Crippen LogP contribution is 2.38. The summed E-state index contributed by atoms with van der Waals surface area (Å²) in [5.41, 5.74) is 0.718. The number of nitrogens with zero attached hydrogens (tertiary/aromatic N) is 2. The predicted molar refractivity (Wildman–Crippen MR) is 172 cm³/mol. The Balaban J connectivity index is 1.84. The molecule has 0 aromatic heterocycles. The molecular weight excluding hydrogens is 639 g/mol. The minimum absolute atomic E-state index is 0.0681. The third-order valence-corrected chi connectivity index (χ3v) is 9.37. The second-order valence-electron chi connectivity index (χ2n) is 10.6. The standard InChI is InChI=1S/C34H33ClF3N3O4S/c1-3-39-33(43)31(20-25-10-6-4-7-11-25)40(22-26-16-14-24(2)15-17-26)32(42)23-41(46(44,45)28-12-8-5-9-13-28)27-18-19-30(35)29(21-27)34(36,37)38/h4-19,21,31H,3,20,22-23H2,1-2H3,(H,39,43)/t31-/m1/s1. The molecule has 4 aromatic rings. The Morgan fingerprint density at radius 3 is 2.07 bits per heavy atom. The first-order valence-corrected chi connectivity index (χ1v) is 16.2. The largest absolute Gasteiger partial charge is 0.417 e. The van der Waals surface area contributed by atoms with Gasteiger partial charge in [-0.25, -0.2) is 8.42 Å². The minimum Gasteiger partial charge on any atom is -0.355 e. The number of anilines is 1. The maximum Gasteiger partial charge on any atom is 0.417 e. The molecular formula is C34H33ClF3N3O4S. The number of benzene rings is 4. The summed E-state index contributed by atoms with van der Waals surface area (Å²) < 4.78 is 70.2. The van der Waals surface area contributed by atoms with E-state index in [2.05, 4.69) is 5.32 Å². The zero-order valence-corrected chi connectivity index (χ0v) is 26.7. The first-order chi connectivity index (χ1) is 21.8. The first kappa shape index (κ1) is 34.5. The molecule has 242 valence electrons. The molecule has 0 saturated carbocycles. The van der Waals surface area contributed by atoms with Gasteiger partial charge in [0.25, 0.3) is 10.0 Å². The number of alkyl halides is 3. The lowest BCUT2D eigenvalue weighted by molar-refractivity contribution is -0.140. The van der Waals surface area contributed by atoms with Crippen molar-refractivity contribution >= 4 is 39.1 Å². The van der Waals surface area contributed by atoms with Crippen molar-refractivity contribution in [3.8, 4) is 0 Å². The van der Waals surface area contributed by atoms with Gasteiger partial charge in [0.05, 0.1) is 21.2 Å². The number of halogens is 4. The topological polar surface area (TPSA) is 86.8 Å². The van der Waals surface area contributed by atoms with Crippen LogP contribution < -0.4 is 9.62 Å². The molecule has 2 amide bonds. The highest BCUT2D eigenvalue weighted by atomic mass is 35.5. The number of sulfonamides is 1. The van der Waals surface area contributed by atoms with Crippen molar-refractivity contribution in [2.45, 2.75) is 43.9 Å². The van der Waals surface area contributed by atoms with Crippen molar-refractivity contribution in [3.05, 3.63) is 130 Å². The summed E-state index contributed by atoms with van der Waals surface area (Å²) in [6, 6.07) is 24.9. The van der Waals surface area contributed by atoms with Crippen LogP contribution in [0, 0.1) is 6.92 Å². The van der Waals surface area contributed by atoms with Gasteiger partial charge in [-0.05, 0) is 55.3 Å². The lowest BCUT2D eigenvalue weighted by Crippen LogP contribution is -2.53. The van der Waals surface area contributed by atoms with Gasteiger partial charge in [-0.1, -0.05) is 90.0 Å². The molecule has 0 heterocycles. The van der Waals surface area contributed by atoms with E-state index < -0.39 is 56.9 Å². The van der Waals surface area contributed by atoms with Crippen molar-refractivity contribution in [1.29, 1.82) is 0 Å². The summed E-state index contributed by atoms with van der Waals surface area (Å²) in [6.45, 7) is 2.94. The summed E-state index contributed by atoms with van der Waals surface area (Å²) >= 11 is 5.85. The van der Waals surface area contributed by atoms with Crippen molar-refractivity contribution in [2.75, 3.05) is 17.4 Å². The van der Waals surface area contributed by atoms with Crippen LogP contribution in [0.4, 0.5) is 18.9 Å². The molecule has 0 unspecified atom stereocenters. The van der Waals surface area contributed by atoms with Crippen LogP contribution in [-0.4, -0.2) is 44.3 Å². The lowest BCUT2D eigenvalue weighted by atomic mass is 10.0. The maximum atomic E-state index is 14.4. The van der Waals surface area contributed by atoms with Crippen LogP contribution in [-0.2, 0) is 38.8 Å². The second-order valence-corrected chi connectivity index (χ2v) is 12.9. The zero-order chi connectivity index (χ0) is 33.5. The molecule has 0 aliphatic carbocycles. The van der Waals surface area contributed by atoms with Crippen LogP contribution in [0.15, 0.2) is 108 Å². The fourth-order valence-corrected chi connectivity index (χ4v) is 6.52. The number of carbonyl (C=O) groups excluding carboxylic acids is 2. The Morgan fingerprint density at radius 1 is 0.870 bits per heavy atom. The van der Waals surface area contributed by atoms with Gasteiger partial charge in [0.1, 0.15) is 12.6 Å². The molecule has 0 radical (unpaired) electrons. The molecule has 4 aromatic carbocycles. The Morgan fingerprint density at radius 2 is 1.48 bits per heavy atom. The van der Waals surface area contributed by atoms with Crippen LogP contribution >= 0.6 is 11.6 Å². The number of rotatable bonds is 12. The lowest BCUT2D eigenvalue weighted by Gasteiger charge is -2.34. The fourth-order valence-electron chi connectivity index (χ4n) is 4.87. The molecule has 4 rings (SSSR count). The molecule has 1 N–H and O–H groups in total. The molecule has 0 bridgehead atoms. The monoisotopic (exact) mass is 671 g/mol. The average Bonchev–Trinajstić information content (AvgIpc) is 3.03. The van der Waals surface area contributed by atoms with Crippen molar-refractivity contribution in [2.24, 2.45) is 0 Å². The number of amides is 2. The minimum atomic E-state index is -4.89. The van der Waals surface area contributed by atoms with E-state index in [0.717, 1.165) is 23.3 Å². The summed E-state index contributed by atoms with van der Waals surface area (Å²) in [5.74, 6) is -1.26.